The third-order valence-corrected chi connectivity index (χ3v) is 4.64. The highest BCUT2D eigenvalue weighted by molar-refractivity contribution is 9.10. The standard InChI is InChI=1S/C16H18BrF2N3O/c1-8(2)14-13(17)15(21-20-14)16(23)22(4)9(3)10-5-6-11(18)12(19)7-10/h5-9H,1-4H3,(H,20,21). The molecule has 0 aliphatic rings. The molecule has 7 heteroatoms. The van der Waals surface area contributed by atoms with Gasteiger partial charge in [-0.2, -0.15) is 5.10 Å². The molecule has 124 valence electrons. The van der Waals surface area contributed by atoms with Crippen LogP contribution < -0.4 is 0 Å². The summed E-state index contributed by atoms with van der Waals surface area (Å²) >= 11 is 3.40. The van der Waals surface area contributed by atoms with Crippen LogP contribution in [0.5, 0.6) is 0 Å². The molecule has 2 aromatic rings. The first-order valence-corrected chi connectivity index (χ1v) is 7.99. The van der Waals surface area contributed by atoms with Crippen LogP contribution in [0.25, 0.3) is 0 Å². The van der Waals surface area contributed by atoms with Gasteiger partial charge in [-0.1, -0.05) is 19.9 Å². The summed E-state index contributed by atoms with van der Waals surface area (Å²) in [5.74, 6) is -1.96. The SMILES string of the molecule is CC(C)c1[nH]nc(C(=O)N(C)C(C)c2ccc(F)c(F)c2)c1Br. The Morgan fingerprint density at radius 1 is 1.26 bits per heavy atom. The molecule has 0 bridgehead atoms. The van der Waals surface area contributed by atoms with Crippen molar-refractivity contribution in [3.63, 3.8) is 0 Å². The van der Waals surface area contributed by atoms with E-state index in [-0.39, 0.29) is 17.5 Å². The van der Waals surface area contributed by atoms with Gasteiger partial charge in [0.2, 0.25) is 0 Å². The Morgan fingerprint density at radius 2 is 1.91 bits per heavy atom. The van der Waals surface area contributed by atoms with Crippen LogP contribution in [0, 0.1) is 11.6 Å². The Bertz CT molecular complexity index is 730. The predicted octanol–water partition coefficient (Wildman–Crippen LogP) is 4.41. The lowest BCUT2D eigenvalue weighted by molar-refractivity contribution is 0.0735. The molecule has 1 aromatic carbocycles. The van der Waals surface area contributed by atoms with Crippen molar-refractivity contribution in [3.8, 4) is 0 Å². The zero-order valence-electron chi connectivity index (χ0n) is 13.3. The fourth-order valence-corrected chi connectivity index (χ4v) is 3.01. The van der Waals surface area contributed by atoms with Gasteiger partial charge in [0.1, 0.15) is 0 Å². The van der Waals surface area contributed by atoms with Crippen LogP contribution in [0.2, 0.25) is 0 Å². The van der Waals surface area contributed by atoms with Crippen LogP contribution in [0.15, 0.2) is 22.7 Å². The molecule has 0 spiro atoms. The molecule has 0 aliphatic carbocycles. The number of rotatable bonds is 4. The summed E-state index contributed by atoms with van der Waals surface area (Å²) in [5.41, 5.74) is 1.61. The summed E-state index contributed by atoms with van der Waals surface area (Å²) in [6, 6.07) is 3.19. The van der Waals surface area contributed by atoms with E-state index in [9.17, 15) is 13.6 Å². The number of benzene rings is 1. The number of aromatic nitrogens is 2. The number of halogens is 3. The van der Waals surface area contributed by atoms with Gasteiger partial charge in [0.15, 0.2) is 17.3 Å². The monoisotopic (exact) mass is 385 g/mol. The topological polar surface area (TPSA) is 49.0 Å². The van der Waals surface area contributed by atoms with Crippen molar-refractivity contribution in [1.29, 1.82) is 0 Å². The Hall–Kier alpha value is -1.76. The minimum Gasteiger partial charge on any atom is -0.334 e. The molecule has 1 aromatic heterocycles. The molecular weight excluding hydrogens is 368 g/mol. The third-order valence-electron chi connectivity index (χ3n) is 3.84. The number of nitrogens with zero attached hydrogens (tertiary/aromatic N) is 2. The zero-order valence-corrected chi connectivity index (χ0v) is 14.9. The number of nitrogens with one attached hydrogen (secondary N) is 1. The van der Waals surface area contributed by atoms with E-state index in [1.807, 2.05) is 13.8 Å². The lowest BCUT2D eigenvalue weighted by atomic mass is 10.1. The minimum atomic E-state index is -0.932. The average molecular weight is 386 g/mol. The van der Waals surface area contributed by atoms with Gasteiger partial charge in [0.05, 0.1) is 16.2 Å². The third kappa shape index (κ3) is 3.44. The molecule has 0 saturated carbocycles. The van der Waals surface area contributed by atoms with E-state index in [1.165, 1.54) is 11.0 Å². The number of aromatic amines is 1. The quantitative estimate of drug-likeness (QED) is 0.847. The van der Waals surface area contributed by atoms with E-state index in [2.05, 4.69) is 26.1 Å². The summed E-state index contributed by atoms with van der Waals surface area (Å²) in [4.78, 5) is 14.1. The van der Waals surface area contributed by atoms with E-state index < -0.39 is 17.7 Å². The molecule has 1 amide bonds. The van der Waals surface area contributed by atoms with Crippen molar-refractivity contribution in [2.24, 2.45) is 0 Å². The summed E-state index contributed by atoms with van der Waals surface area (Å²) in [6.07, 6.45) is 0. The van der Waals surface area contributed by atoms with Gasteiger partial charge >= 0.3 is 0 Å². The molecule has 1 N–H and O–H groups in total. The Balaban J connectivity index is 2.26. The van der Waals surface area contributed by atoms with Gasteiger partial charge in [-0.15, -0.1) is 0 Å². The molecular formula is C16H18BrF2N3O. The van der Waals surface area contributed by atoms with Crippen LogP contribution in [0.1, 0.15) is 54.5 Å². The van der Waals surface area contributed by atoms with E-state index in [1.54, 1.807) is 14.0 Å². The maximum atomic E-state index is 13.4. The molecule has 1 unspecified atom stereocenters. The van der Waals surface area contributed by atoms with Gasteiger partial charge in [0.25, 0.3) is 5.91 Å². The van der Waals surface area contributed by atoms with Crippen LogP contribution in [0.3, 0.4) is 0 Å². The maximum Gasteiger partial charge on any atom is 0.275 e. The molecule has 23 heavy (non-hydrogen) atoms. The largest absolute Gasteiger partial charge is 0.334 e. The lowest BCUT2D eigenvalue weighted by Gasteiger charge is -2.25. The van der Waals surface area contributed by atoms with Crippen molar-refractivity contribution >= 4 is 21.8 Å². The Morgan fingerprint density at radius 3 is 2.43 bits per heavy atom. The van der Waals surface area contributed by atoms with Crippen molar-refractivity contribution in [2.45, 2.75) is 32.7 Å². The van der Waals surface area contributed by atoms with Crippen LogP contribution in [-0.2, 0) is 0 Å². The highest BCUT2D eigenvalue weighted by atomic mass is 79.9. The molecule has 0 aliphatic heterocycles. The molecule has 2 rings (SSSR count). The first-order valence-electron chi connectivity index (χ1n) is 7.19. The van der Waals surface area contributed by atoms with Gasteiger partial charge in [-0.05, 0) is 46.5 Å². The smallest absolute Gasteiger partial charge is 0.275 e. The summed E-state index contributed by atoms with van der Waals surface area (Å²) in [6.45, 7) is 5.72. The Labute approximate surface area is 142 Å². The number of hydrogen-bond acceptors (Lipinski definition) is 2. The predicted molar refractivity (Wildman–Crippen MR) is 87.2 cm³/mol. The van der Waals surface area contributed by atoms with Crippen LogP contribution in [-0.4, -0.2) is 28.1 Å². The summed E-state index contributed by atoms with van der Waals surface area (Å²) in [5, 5.41) is 6.92. The molecule has 0 fully saturated rings. The summed E-state index contributed by atoms with van der Waals surface area (Å²) in [7, 11) is 1.60. The fourth-order valence-electron chi connectivity index (χ4n) is 2.20. The normalized spacial score (nSPS) is 12.5. The van der Waals surface area contributed by atoms with E-state index in [4.69, 9.17) is 0 Å². The number of amides is 1. The van der Waals surface area contributed by atoms with Crippen molar-refractivity contribution in [2.75, 3.05) is 7.05 Å². The van der Waals surface area contributed by atoms with Crippen molar-refractivity contribution in [1.82, 2.24) is 15.1 Å². The van der Waals surface area contributed by atoms with Crippen molar-refractivity contribution in [3.05, 3.63) is 51.3 Å². The number of carbonyl (C=O) groups is 1. The highest BCUT2D eigenvalue weighted by Crippen LogP contribution is 2.28. The number of H-pyrrole nitrogens is 1. The minimum absolute atomic E-state index is 0.187. The first-order chi connectivity index (χ1) is 10.7. The fraction of sp³-hybridized carbons (Fsp3) is 0.375. The second-order valence-electron chi connectivity index (χ2n) is 5.72. The average Bonchev–Trinajstić information content (AvgIpc) is 2.89. The van der Waals surface area contributed by atoms with Crippen LogP contribution >= 0.6 is 15.9 Å². The molecule has 1 heterocycles. The lowest BCUT2D eigenvalue weighted by Crippen LogP contribution is -2.30. The number of carbonyl (C=O) groups excluding carboxylic acids is 1. The second-order valence-corrected chi connectivity index (χ2v) is 6.51. The van der Waals surface area contributed by atoms with Gasteiger partial charge in [-0.25, -0.2) is 8.78 Å². The van der Waals surface area contributed by atoms with Gasteiger partial charge in [0, 0.05) is 7.05 Å². The molecule has 1 atom stereocenters. The molecule has 4 nitrogen and oxygen atoms in total. The zero-order chi connectivity index (χ0) is 17.3. The maximum absolute atomic E-state index is 13.4. The number of hydrogen-bond donors (Lipinski definition) is 1. The van der Waals surface area contributed by atoms with Gasteiger partial charge in [-0.3, -0.25) is 9.89 Å². The first kappa shape index (κ1) is 17.6. The Kier molecular flexibility index (Phi) is 5.19. The summed E-state index contributed by atoms with van der Waals surface area (Å²) < 4.78 is 27.0. The van der Waals surface area contributed by atoms with E-state index in [0.29, 0.717) is 10.0 Å². The van der Waals surface area contributed by atoms with Crippen molar-refractivity contribution < 1.29 is 13.6 Å². The second kappa shape index (κ2) is 6.78. The van der Waals surface area contributed by atoms with Crippen LogP contribution in [0.4, 0.5) is 8.78 Å². The van der Waals surface area contributed by atoms with E-state index >= 15 is 0 Å². The highest BCUT2D eigenvalue weighted by Gasteiger charge is 2.25. The molecule has 0 saturated heterocycles. The van der Waals surface area contributed by atoms with E-state index in [0.717, 1.165) is 17.8 Å². The molecule has 0 radical (unpaired) electrons. The van der Waals surface area contributed by atoms with Gasteiger partial charge < -0.3 is 4.90 Å².